The second-order valence-corrected chi connectivity index (χ2v) is 1.58. The van der Waals surface area contributed by atoms with Crippen molar-refractivity contribution in [1.29, 1.82) is 10.8 Å². The van der Waals surface area contributed by atoms with Crippen molar-refractivity contribution in [1.82, 2.24) is 4.91 Å². The predicted octanol–water partition coefficient (Wildman–Crippen LogP) is 1.23. The first-order chi connectivity index (χ1) is 4.41. The Morgan fingerprint density at radius 3 is 2.89 bits per heavy atom. The minimum absolute atomic E-state index is 0.575. The van der Waals surface area contributed by atoms with Gasteiger partial charge in [-0.3, -0.25) is 0 Å². The lowest BCUT2D eigenvalue weighted by Crippen LogP contribution is -1.79. The molecule has 4 heteroatoms. The van der Waals surface area contributed by atoms with E-state index in [-0.39, 0.29) is 0 Å². The van der Waals surface area contributed by atoms with Crippen LogP contribution in [0.4, 0.5) is 0 Å². The summed E-state index contributed by atoms with van der Waals surface area (Å²) in [6.45, 7) is 0.575. The van der Waals surface area contributed by atoms with Crippen molar-refractivity contribution < 1.29 is 0 Å². The van der Waals surface area contributed by atoms with Gasteiger partial charge in [-0.15, -0.1) is 0 Å². The van der Waals surface area contributed by atoms with Gasteiger partial charge < -0.3 is 0 Å². The molecule has 0 aliphatic rings. The number of hydrogen-bond donors (Lipinski definition) is 1. The largest absolute Gasteiger partial charge is 0.214 e. The molecular weight excluding hydrogens is 116 g/mol. The van der Waals surface area contributed by atoms with Gasteiger partial charge in [0, 0.05) is 6.42 Å². The summed E-state index contributed by atoms with van der Waals surface area (Å²) in [5.41, 5.74) is 6.28. The van der Waals surface area contributed by atoms with Gasteiger partial charge in [0.15, 0.2) is 0 Å². The zero-order valence-electron chi connectivity index (χ0n) is 5.17. The lowest BCUT2D eigenvalue weighted by molar-refractivity contribution is 0.724. The summed E-state index contributed by atoms with van der Waals surface area (Å²) in [5, 5.41) is 11.5. The molecule has 0 amide bonds. The van der Waals surface area contributed by atoms with Crippen molar-refractivity contribution in [2.45, 2.75) is 19.3 Å². The molecule has 9 heavy (non-hydrogen) atoms. The third-order valence-electron chi connectivity index (χ3n) is 0.867. The fourth-order valence-electron chi connectivity index (χ4n) is 0.437. The molecule has 0 fully saturated rings. The summed E-state index contributed by atoms with van der Waals surface area (Å²) in [5.74, 6) is 0. The molecule has 0 aromatic heterocycles. The van der Waals surface area contributed by atoms with Crippen molar-refractivity contribution in [3.8, 4) is 6.07 Å². The molecule has 0 aromatic rings. The third kappa shape index (κ3) is 6.80. The van der Waals surface area contributed by atoms with Crippen LogP contribution in [0.15, 0.2) is 5.11 Å². The highest BCUT2D eigenvalue weighted by Gasteiger charge is 1.87. The van der Waals surface area contributed by atoms with Crippen LogP contribution in [0.5, 0.6) is 0 Å². The molecule has 0 saturated heterocycles. The molecule has 0 heterocycles. The van der Waals surface area contributed by atoms with E-state index in [0.717, 1.165) is 12.8 Å². The molecule has 0 aliphatic heterocycles. The van der Waals surface area contributed by atoms with Gasteiger partial charge in [0.2, 0.25) is 4.91 Å². The maximum atomic E-state index is 8.08. The van der Waals surface area contributed by atoms with Gasteiger partial charge in [0.25, 0.3) is 0 Å². The van der Waals surface area contributed by atoms with Crippen LogP contribution < -0.4 is 4.91 Å². The number of rotatable bonds is 4. The molecule has 0 spiro atoms. The SMILES string of the molecule is N#CCCCCN=[N+]=N. The van der Waals surface area contributed by atoms with Gasteiger partial charge >= 0.3 is 0 Å². The van der Waals surface area contributed by atoms with E-state index in [1.165, 1.54) is 0 Å². The summed E-state index contributed by atoms with van der Waals surface area (Å²) in [6.07, 6.45) is 2.29. The Kier molecular flexibility index (Phi) is 5.89. The standard InChI is InChI=1S/C5H9N4/c6-4-2-1-3-5-8-9-7/h7H,1-3,5H2/q+1. The Bertz CT molecular complexity index is 140. The molecule has 4 nitrogen and oxygen atoms in total. The number of nitrogens with one attached hydrogen (secondary N) is 1. The van der Waals surface area contributed by atoms with E-state index < -0.39 is 0 Å². The molecule has 48 valence electrons. The Morgan fingerprint density at radius 1 is 1.56 bits per heavy atom. The van der Waals surface area contributed by atoms with Gasteiger partial charge in [-0.25, -0.2) is 0 Å². The van der Waals surface area contributed by atoms with Crippen molar-refractivity contribution in [2.24, 2.45) is 5.11 Å². The topological polar surface area (TPSA) is 74.1 Å². The molecular formula is C5H9N4+. The predicted molar refractivity (Wildman–Crippen MR) is 31.6 cm³/mol. The van der Waals surface area contributed by atoms with E-state index in [2.05, 4.69) is 10.0 Å². The minimum Gasteiger partial charge on any atom is -0.198 e. The lowest BCUT2D eigenvalue weighted by Gasteiger charge is -1.81. The number of nitriles is 1. The number of unbranched alkanes of at least 4 members (excludes halogenated alkanes) is 2. The quantitative estimate of drug-likeness (QED) is 0.342. The zero-order valence-corrected chi connectivity index (χ0v) is 5.17. The fraction of sp³-hybridized carbons (Fsp3) is 0.800. The molecule has 0 saturated carbocycles. The Labute approximate surface area is 53.7 Å². The van der Waals surface area contributed by atoms with Crippen molar-refractivity contribution >= 4 is 0 Å². The van der Waals surface area contributed by atoms with Gasteiger partial charge in [-0.05, 0) is 12.8 Å². The van der Waals surface area contributed by atoms with Gasteiger partial charge in [-0.1, -0.05) is 0 Å². The van der Waals surface area contributed by atoms with Crippen LogP contribution in [0.2, 0.25) is 0 Å². The maximum Gasteiger partial charge on any atom is 0.214 e. The van der Waals surface area contributed by atoms with Crippen molar-refractivity contribution in [3.63, 3.8) is 0 Å². The van der Waals surface area contributed by atoms with Crippen LogP contribution in [-0.4, -0.2) is 6.54 Å². The van der Waals surface area contributed by atoms with Crippen LogP contribution in [0.1, 0.15) is 19.3 Å². The van der Waals surface area contributed by atoms with Crippen molar-refractivity contribution in [3.05, 3.63) is 0 Å². The normalized spacial score (nSPS) is 7.44. The highest BCUT2D eigenvalue weighted by atomic mass is 15.1. The second-order valence-electron chi connectivity index (χ2n) is 1.58. The highest BCUT2D eigenvalue weighted by Crippen LogP contribution is 1.92. The second kappa shape index (κ2) is 6.80. The molecule has 0 rings (SSSR count). The maximum absolute atomic E-state index is 8.08. The van der Waals surface area contributed by atoms with Crippen LogP contribution >= 0.6 is 0 Å². The third-order valence-corrected chi connectivity index (χ3v) is 0.867. The minimum atomic E-state index is 0.575. The molecule has 0 aliphatic carbocycles. The molecule has 0 atom stereocenters. The first-order valence-corrected chi connectivity index (χ1v) is 2.82. The first-order valence-electron chi connectivity index (χ1n) is 2.82. The first kappa shape index (κ1) is 7.80. The van der Waals surface area contributed by atoms with Crippen LogP contribution in [0, 0.1) is 16.9 Å². The van der Waals surface area contributed by atoms with Crippen LogP contribution in [-0.2, 0) is 0 Å². The summed E-state index contributed by atoms with van der Waals surface area (Å²) in [7, 11) is 0. The fourth-order valence-corrected chi connectivity index (χ4v) is 0.437. The number of hydrogen-bond acceptors (Lipinski definition) is 3. The summed E-state index contributed by atoms with van der Waals surface area (Å²) >= 11 is 0. The number of nitrogens with zero attached hydrogens (tertiary/aromatic N) is 3. The summed E-state index contributed by atoms with van der Waals surface area (Å²) in [4.78, 5) is 2.83. The van der Waals surface area contributed by atoms with Gasteiger partial charge in [-0.2, -0.15) is 5.26 Å². The van der Waals surface area contributed by atoms with Crippen LogP contribution in [0.3, 0.4) is 0 Å². The zero-order chi connectivity index (χ0) is 6.95. The van der Waals surface area contributed by atoms with Crippen molar-refractivity contribution in [2.75, 3.05) is 6.54 Å². The molecule has 0 unspecified atom stereocenters. The average molecular weight is 125 g/mol. The molecule has 1 N–H and O–H groups in total. The van der Waals surface area contributed by atoms with Gasteiger partial charge in [0.05, 0.1) is 6.07 Å². The van der Waals surface area contributed by atoms with Gasteiger partial charge in [0.1, 0.15) is 17.2 Å². The highest BCUT2D eigenvalue weighted by molar-refractivity contribution is 4.67. The molecule has 0 aromatic carbocycles. The van der Waals surface area contributed by atoms with E-state index in [4.69, 9.17) is 10.8 Å². The molecule has 0 radical (unpaired) electrons. The Hall–Kier alpha value is -1.20. The van der Waals surface area contributed by atoms with E-state index in [9.17, 15) is 0 Å². The smallest absolute Gasteiger partial charge is 0.198 e. The van der Waals surface area contributed by atoms with E-state index in [1.807, 2.05) is 6.07 Å². The summed E-state index contributed by atoms with van der Waals surface area (Å²) in [6, 6.07) is 2.03. The summed E-state index contributed by atoms with van der Waals surface area (Å²) < 4.78 is 0. The Balaban J connectivity index is 2.93. The average Bonchev–Trinajstić information content (AvgIpc) is 1.89. The lowest BCUT2D eigenvalue weighted by atomic mass is 10.2. The molecule has 0 bridgehead atoms. The Morgan fingerprint density at radius 2 is 2.33 bits per heavy atom. The van der Waals surface area contributed by atoms with Crippen LogP contribution in [0.25, 0.3) is 0 Å². The monoisotopic (exact) mass is 125 g/mol. The van der Waals surface area contributed by atoms with E-state index in [1.54, 1.807) is 0 Å². The van der Waals surface area contributed by atoms with E-state index in [0.29, 0.717) is 13.0 Å². The van der Waals surface area contributed by atoms with E-state index >= 15 is 0 Å².